The minimum absolute atomic E-state index is 0.109. The monoisotopic (exact) mass is 517 g/mol. The maximum Gasteiger partial charge on any atom is 0.416 e. The first kappa shape index (κ1) is 27.4. The number of halogens is 3. The Morgan fingerprint density at radius 1 is 0.865 bits per heavy atom. The molecule has 0 saturated heterocycles. The molecule has 37 heavy (non-hydrogen) atoms. The van der Waals surface area contributed by atoms with Crippen molar-refractivity contribution < 1.29 is 33.1 Å². The lowest BCUT2D eigenvalue weighted by Crippen LogP contribution is -2.27. The molecule has 1 amide bonds. The summed E-state index contributed by atoms with van der Waals surface area (Å²) in [6.45, 7) is 0. The molecule has 0 atom stereocenters. The number of alkyl halides is 3. The van der Waals surface area contributed by atoms with E-state index in [1.807, 2.05) is 0 Å². The highest BCUT2D eigenvalue weighted by Gasteiger charge is 2.30. The van der Waals surface area contributed by atoms with Crippen molar-refractivity contribution in [3.63, 3.8) is 0 Å². The number of aromatic nitrogens is 2. The summed E-state index contributed by atoms with van der Waals surface area (Å²) >= 11 is 0. The van der Waals surface area contributed by atoms with Gasteiger partial charge in [-0.3, -0.25) is 14.8 Å². The van der Waals surface area contributed by atoms with E-state index in [1.54, 1.807) is 50.1 Å². The van der Waals surface area contributed by atoms with Gasteiger partial charge in [-0.1, -0.05) is 12.1 Å². The van der Waals surface area contributed by atoms with Crippen LogP contribution in [0.2, 0.25) is 0 Å². The van der Waals surface area contributed by atoms with Crippen molar-refractivity contribution in [2.24, 2.45) is 0 Å². The Hall–Kier alpha value is -4.19. The van der Waals surface area contributed by atoms with E-state index < -0.39 is 23.6 Å². The van der Waals surface area contributed by atoms with Gasteiger partial charge in [0, 0.05) is 45.7 Å². The first-order valence-corrected chi connectivity index (χ1v) is 11.0. The number of benzene rings is 2. The van der Waals surface area contributed by atoms with Crippen LogP contribution >= 0.6 is 0 Å². The van der Waals surface area contributed by atoms with E-state index in [0.717, 1.165) is 29.8 Å². The minimum atomic E-state index is -4.53. The number of aliphatic carboxylic acids is 1. The molecule has 9 nitrogen and oxygen atoms in total. The molecule has 0 saturated carbocycles. The molecule has 1 heterocycles. The lowest BCUT2D eigenvalue weighted by molar-refractivity contribution is -0.138. The highest BCUT2D eigenvalue weighted by atomic mass is 19.4. The number of hydrogen-bond acceptors (Lipinski definition) is 7. The van der Waals surface area contributed by atoms with Gasteiger partial charge in [0.1, 0.15) is 17.5 Å². The lowest BCUT2D eigenvalue weighted by Gasteiger charge is -2.23. The Labute approximate surface area is 211 Å². The maximum atomic E-state index is 12.7. The molecule has 12 heteroatoms. The van der Waals surface area contributed by atoms with Gasteiger partial charge in [-0.05, 0) is 42.0 Å². The normalized spacial score (nSPS) is 11.2. The van der Waals surface area contributed by atoms with Crippen LogP contribution in [0.5, 0.6) is 0 Å². The Kier molecular flexibility index (Phi) is 8.02. The summed E-state index contributed by atoms with van der Waals surface area (Å²) in [5, 5.41) is 20.0. The van der Waals surface area contributed by atoms with Gasteiger partial charge < -0.3 is 14.9 Å². The summed E-state index contributed by atoms with van der Waals surface area (Å²) in [5.41, 5.74) is 0.348. The third-order valence-corrected chi connectivity index (χ3v) is 5.38. The van der Waals surface area contributed by atoms with Crippen molar-refractivity contribution in [3.05, 3.63) is 76.6 Å². The van der Waals surface area contributed by atoms with Crippen molar-refractivity contribution in [1.29, 1.82) is 0 Å². The van der Waals surface area contributed by atoms with E-state index >= 15 is 0 Å². The largest absolute Gasteiger partial charge is 0.481 e. The van der Waals surface area contributed by atoms with E-state index in [0.29, 0.717) is 28.1 Å². The first-order valence-electron chi connectivity index (χ1n) is 11.0. The number of rotatable bonds is 8. The van der Waals surface area contributed by atoms with E-state index in [2.05, 4.69) is 9.97 Å². The Bertz CT molecular complexity index is 1250. The molecular weight excluding hydrogens is 491 g/mol. The van der Waals surface area contributed by atoms with Crippen molar-refractivity contribution >= 4 is 29.2 Å². The number of anilines is 3. The summed E-state index contributed by atoms with van der Waals surface area (Å²) < 4.78 is 38.2. The van der Waals surface area contributed by atoms with Crippen LogP contribution < -0.4 is 14.9 Å². The third-order valence-electron chi connectivity index (χ3n) is 5.38. The maximum absolute atomic E-state index is 12.7. The molecule has 0 bridgehead atoms. The highest BCUT2D eigenvalue weighted by Crippen LogP contribution is 2.30. The Balaban J connectivity index is 1.82. The lowest BCUT2D eigenvalue weighted by atomic mass is 10.1. The van der Waals surface area contributed by atoms with Crippen LogP contribution in [0, 0.1) is 0 Å². The van der Waals surface area contributed by atoms with Crippen LogP contribution in [0.15, 0.2) is 48.5 Å². The predicted octanol–water partition coefficient (Wildman–Crippen LogP) is 3.88. The molecule has 0 aliphatic heterocycles. The molecule has 0 spiro atoms. The van der Waals surface area contributed by atoms with E-state index in [9.17, 15) is 33.1 Å². The average Bonchev–Trinajstić information content (AvgIpc) is 2.83. The standard InChI is InChI=1S/C25H26F3N5O4/c1-31(2)22-19(14-21(34)35)23(32(3)4)30-20(29-22)13-15-5-11-18(12-6-15)33(37)24(36)16-7-9-17(10-8-16)25(26,27)28/h5-12,37H,13-14H2,1-4H3,(H,34,35). The Morgan fingerprint density at radius 3 is 1.81 bits per heavy atom. The van der Waals surface area contributed by atoms with Gasteiger partial charge in [0.15, 0.2) is 0 Å². The van der Waals surface area contributed by atoms with Gasteiger partial charge in [0.25, 0.3) is 5.91 Å². The summed E-state index contributed by atoms with van der Waals surface area (Å²) in [6, 6.07) is 9.81. The second-order valence-electron chi connectivity index (χ2n) is 8.66. The summed E-state index contributed by atoms with van der Waals surface area (Å²) in [4.78, 5) is 36.4. The molecule has 0 fully saturated rings. The molecule has 2 aromatic carbocycles. The summed E-state index contributed by atoms with van der Waals surface area (Å²) in [7, 11) is 7.04. The number of carbonyl (C=O) groups is 2. The first-order chi connectivity index (χ1) is 17.3. The van der Waals surface area contributed by atoms with Crippen LogP contribution in [0.3, 0.4) is 0 Å². The van der Waals surface area contributed by atoms with Crippen LogP contribution in [-0.4, -0.2) is 60.3 Å². The smallest absolute Gasteiger partial charge is 0.416 e. The number of carbonyl (C=O) groups excluding carboxylic acids is 1. The van der Waals surface area contributed by atoms with Crippen LogP contribution in [0.25, 0.3) is 0 Å². The fourth-order valence-electron chi connectivity index (χ4n) is 3.61. The van der Waals surface area contributed by atoms with Gasteiger partial charge >= 0.3 is 12.1 Å². The SMILES string of the molecule is CN(C)c1nc(Cc2ccc(N(O)C(=O)c3ccc(C(F)(F)F)cc3)cc2)nc(N(C)C)c1CC(=O)O. The second kappa shape index (κ2) is 10.8. The fourth-order valence-corrected chi connectivity index (χ4v) is 3.61. The van der Waals surface area contributed by atoms with Gasteiger partial charge in [0.05, 0.1) is 17.7 Å². The van der Waals surface area contributed by atoms with Gasteiger partial charge in [0.2, 0.25) is 0 Å². The molecule has 1 aromatic heterocycles. The molecule has 0 aliphatic carbocycles. The van der Waals surface area contributed by atoms with Crippen molar-refractivity contribution in [2.45, 2.75) is 19.0 Å². The summed E-state index contributed by atoms with van der Waals surface area (Å²) in [5.74, 6) is -0.480. The number of hydrogen-bond donors (Lipinski definition) is 2. The van der Waals surface area contributed by atoms with Crippen molar-refractivity contribution in [3.8, 4) is 0 Å². The fraction of sp³-hybridized carbons (Fsp3) is 0.280. The quantitative estimate of drug-likeness (QED) is 0.342. The Morgan fingerprint density at radius 2 is 1.38 bits per heavy atom. The highest BCUT2D eigenvalue weighted by molar-refractivity contribution is 6.04. The van der Waals surface area contributed by atoms with Crippen molar-refractivity contribution in [1.82, 2.24) is 9.97 Å². The molecule has 0 aliphatic rings. The third kappa shape index (κ3) is 6.53. The van der Waals surface area contributed by atoms with Gasteiger partial charge in [-0.15, -0.1) is 0 Å². The van der Waals surface area contributed by atoms with Gasteiger partial charge in [-0.2, -0.15) is 18.2 Å². The summed E-state index contributed by atoms with van der Waals surface area (Å²) in [6.07, 6.45) is -4.49. The number of carboxylic acid groups (broad SMARTS) is 1. The second-order valence-corrected chi connectivity index (χ2v) is 8.66. The molecule has 0 unspecified atom stereocenters. The van der Waals surface area contributed by atoms with Gasteiger partial charge in [-0.25, -0.2) is 9.97 Å². The average molecular weight is 518 g/mol. The van der Waals surface area contributed by atoms with Crippen LogP contribution in [0.4, 0.5) is 30.5 Å². The zero-order valence-corrected chi connectivity index (χ0v) is 20.6. The zero-order valence-electron chi connectivity index (χ0n) is 20.6. The van der Waals surface area contributed by atoms with E-state index in [-0.39, 0.29) is 24.1 Å². The molecule has 196 valence electrons. The van der Waals surface area contributed by atoms with E-state index in [4.69, 9.17) is 0 Å². The number of nitrogens with zero attached hydrogens (tertiary/aromatic N) is 5. The topological polar surface area (TPSA) is 110 Å². The zero-order chi connectivity index (χ0) is 27.5. The molecule has 3 rings (SSSR count). The molecule has 0 radical (unpaired) electrons. The van der Waals surface area contributed by atoms with Crippen LogP contribution in [0.1, 0.15) is 32.9 Å². The number of carboxylic acids is 1. The molecule has 3 aromatic rings. The number of amides is 1. The predicted molar refractivity (Wildman–Crippen MR) is 131 cm³/mol. The van der Waals surface area contributed by atoms with Crippen LogP contribution in [-0.2, 0) is 23.8 Å². The van der Waals surface area contributed by atoms with Crippen molar-refractivity contribution in [2.75, 3.05) is 43.1 Å². The van der Waals surface area contributed by atoms with E-state index in [1.165, 1.54) is 12.1 Å². The minimum Gasteiger partial charge on any atom is -0.481 e. The molecule has 2 N–H and O–H groups in total. The number of hydroxylamine groups is 1. The molecular formula is C25H26F3N5O4.